The molecule has 0 bridgehead atoms. The van der Waals surface area contributed by atoms with E-state index in [0.29, 0.717) is 0 Å². The van der Waals surface area contributed by atoms with Crippen molar-refractivity contribution in [3.63, 3.8) is 0 Å². The molecule has 0 fully saturated rings. The van der Waals surface area contributed by atoms with Crippen LogP contribution in [0.4, 0.5) is 0 Å². The average Bonchev–Trinajstić information content (AvgIpc) is 2.78. The average molecular weight is 297 g/mol. The van der Waals surface area contributed by atoms with Gasteiger partial charge in [-0.15, -0.1) is 0 Å². The first kappa shape index (κ1) is 11.8. The number of halogens is 1. The van der Waals surface area contributed by atoms with Crippen LogP contribution >= 0.6 is 27.3 Å². The lowest BCUT2D eigenvalue weighted by atomic mass is 10.0. The molecular weight excluding hydrogens is 284 g/mol. The van der Waals surface area contributed by atoms with Gasteiger partial charge < -0.3 is 0 Å². The predicted octanol–water partition coefficient (Wildman–Crippen LogP) is 3.26. The summed E-state index contributed by atoms with van der Waals surface area (Å²) in [5.41, 5.74) is 5.38. The number of hydrazine groups is 1. The van der Waals surface area contributed by atoms with Crippen LogP contribution in [0.15, 0.2) is 45.6 Å². The quantitative estimate of drug-likeness (QED) is 0.671. The van der Waals surface area contributed by atoms with Gasteiger partial charge in [0.15, 0.2) is 0 Å². The van der Waals surface area contributed by atoms with Gasteiger partial charge in [-0.2, -0.15) is 11.3 Å². The van der Waals surface area contributed by atoms with E-state index in [-0.39, 0.29) is 6.04 Å². The van der Waals surface area contributed by atoms with Crippen LogP contribution in [0.3, 0.4) is 0 Å². The molecule has 3 N–H and O–H groups in total. The molecule has 0 saturated carbocycles. The van der Waals surface area contributed by atoms with Gasteiger partial charge >= 0.3 is 0 Å². The van der Waals surface area contributed by atoms with E-state index >= 15 is 0 Å². The second kappa shape index (κ2) is 5.59. The number of thiophene rings is 1. The fraction of sp³-hybridized carbons (Fsp3) is 0.167. The Morgan fingerprint density at radius 1 is 1.38 bits per heavy atom. The van der Waals surface area contributed by atoms with Gasteiger partial charge in [-0.3, -0.25) is 11.3 Å². The predicted molar refractivity (Wildman–Crippen MR) is 72.2 cm³/mol. The van der Waals surface area contributed by atoms with Crippen LogP contribution in [0.1, 0.15) is 17.2 Å². The molecule has 0 aliphatic heterocycles. The second-order valence-electron chi connectivity index (χ2n) is 3.61. The van der Waals surface area contributed by atoms with Crippen molar-refractivity contribution in [1.82, 2.24) is 5.43 Å². The number of rotatable bonds is 4. The zero-order valence-corrected chi connectivity index (χ0v) is 11.1. The lowest BCUT2D eigenvalue weighted by Crippen LogP contribution is -2.29. The highest BCUT2D eigenvalue weighted by Crippen LogP contribution is 2.22. The fourth-order valence-electron chi connectivity index (χ4n) is 1.64. The van der Waals surface area contributed by atoms with Crippen LogP contribution < -0.4 is 11.3 Å². The lowest BCUT2D eigenvalue weighted by Gasteiger charge is -2.15. The minimum atomic E-state index is 0.159. The number of hydrogen-bond acceptors (Lipinski definition) is 3. The van der Waals surface area contributed by atoms with Gasteiger partial charge in [0.2, 0.25) is 0 Å². The molecule has 2 nitrogen and oxygen atoms in total. The van der Waals surface area contributed by atoms with E-state index < -0.39 is 0 Å². The number of nitrogens with one attached hydrogen (secondary N) is 1. The molecule has 1 atom stereocenters. The molecule has 1 unspecified atom stereocenters. The SMILES string of the molecule is NNC(Cc1ccsc1)c1cccc(Br)c1. The van der Waals surface area contributed by atoms with E-state index in [4.69, 9.17) is 5.84 Å². The van der Waals surface area contributed by atoms with Crippen molar-refractivity contribution in [3.8, 4) is 0 Å². The van der Waals surface area contributed by atoms with E-state index in [9.17, 15) is 0 Å². The molecule has 16 heavy (non-hydrogen) atoms. The van der Waals surface area contributed by atoms with E-state index in [0.717, 1.165) is 10.9 Å². The summed E-state index contributed by atoms with van der Waals surface area (Å²) in [6.07, 6.45) is 0.913. The Labute approximate surface area is 108 Å². The summed E-state index contributed by atoms with van der Waals surface area (Å²) in [6, 6.07) is 10.5. The van der Waals surface area contributed by atoms with Crippen molar-refractivity contribution in [3.05, 3.63) is 56.7 Å². The molecule has 1 aromatic heterocycles. The molecule has 0 aliphatic carbocycles. The molecule has 0 radical (unpaired) electrons. The molecule has 0 aliphatic rings. The smallest absolute Gasteiger partial charge is 0.0500 e. The van der Waals surface area contributed by atoms with Crippen LogP contribution in [-0.2, 0) is 6.42 Å². The zero-order chi connectivity index (χ0) is 11.4. The van der Waals surface area contributed by atoms with Gasteiger partial charge in [-0.25, -0.2) is 0 Å². The molecule has 0 spiro atoms. The number of hydrogen-bond donors (Lipinski definition) is 2. The topological polar surface area (TPSA) is 38.0 Å². The molecule has 0 saturated heterocycles. The van der Waals surface area contributed by atoms with Crippen LogP contribution in [0.2, 0.25) is 0 Å². The van der Waals surface area contributed by atoms with E-state index in [1.165, 1.54) is 11.1 Å². The largest absolute Gasteiger partial charge is 0.271 e. The highest BCUT2D eigenvalue weighted by molar-refractivity contribution is 9.10. The third-order valence-electron chi connectivity index (χ3n) is 2.47. The lowest BCUT2D eigenvalue weighted by molar-refractivity contribution is 0.552. The third-order valence-corrected chi connectivity index (χ3v) is 3.70. The van der Waals surface area contributed by atoms with Gasteiger partial charge in [0, 0.05) is 4.47 Å². The first-order valence-electron chi connectivity index (χ1n) is 5.02. The molecular formula is C12H13BrN2S. The maximum atomic E-state index is 5.61. The van der Waals surface area contributed by atoms with E-state index in [1.807, 2.05) is 12.1 Å². The highest BCUT2D eigenvalue weighted by Gasteiger charge is 2.10. The van der Waals surface area contributed by atoms with Crippen LogP contribution in [0.25, 0.3) is 0 Å². The Balaban J connectivity index is 2.16. The van der Waals surface area contributed by atoms with E-state index in [1.54, 1.807) is 11.3 Å². The van der Waals surface area contributed by atoms with Gasteiger partial charge in [0.25, 0.3) is 0 Å². The summed E-state index contributed by atoms with van der Waals surface area (Å²) in [4.78, 5) is 0. The van der Waals surface area contributed by atoms with Crippen molar-refractivity contribution < 1.29 is 0 Å². The van der Waals surface area contributed by atoms with Crippen LogP contribution in [-0.4, -0.2) is 0 Å². The maximum Gasteiger partial charge on any atom is 0.0500 e. The van der Waals surface area contributed by atoms with Gasteiger partial charge in [-0.1, -0.05) is 28.1 Å². The minimum absolute atomic E-state index is 0.159. The van der Waals surface area contributed by atoms with Crippen molar-refractivity contribution in [2.24, 2.45) is 5.84 Å². The summed E-state index contributed by atoms with van der Waals surface area (Å²) >= 11 is 5.18. The summed E-state index contributed by atoms with van der Waals surface area (Å²) in [6.45, 7) is 0. The van der Waals surface area contributed by atoms with Crippen LogP contribution in [0, 0.1) is 0 Å². The third kappa shape index (κ3) is 2.92. The fourth-order valence-corrected chi connectivity index (χ4v) is 2.74. The van der Waals surface area contributed by atoms with Crippen molar-refractivity contribution in [1.29, 1.82) is 0 Å². The number of nitrogens with two attached hydrogens (primary N) is 1. The Hall–Kier alpha value is -0.680. The van der Waals surface area contributed by atoms with Gasteiger partial charge in [0.05, 0.1) is 6.04 Å². The molecule has 84 valence electrons. The molecule has 0 amide bonds. The molecule has 4 heteroatoms. The standard InChI is InChI=1S/C12H13BrN2S/c13-11-3-1-2-10(7-11)12(15-14)6-9-4-5-16-8-9/h1-5,7-8,12,15H,6,14H2. The Bertz CT molecular complexity index is 442. The molecule has 1 aromatic carbocycles. The molecule has 2 aromatic rings. The first-order chi connectivity index (χ1) is 7.79. The van der Waals surface area contributed by atoms with Crippen molar-refractivity contribution >= 4 is 27.3 Å². The normalized spacial score (nSPS) is 12.6. The van der Waals surface area contributed by atoms with E-state index in [2.05, 4.69) is 50.3 Å². The summed E-state index contributed by atoms with van der Waals surface area (Å²) in [5, 5.41) is 4.24. The maximum absolute atomic E-state index is 5.61. The monoisotopic (exact) mass is 296 g/mol. The van der Waals surface area contributed by atoms with Crippen molar-refractivity contribution in [2.75, 3.05) is 0 Å². The summed E-state index contributed by atoms with van der Waals surface area (Å²) in [5.74, 6) is 5.61. The Morgan fingerprint density at radius 2 is 2.25 bits per heavy atom. The second-order valence-corrected chi connectivity index (χ2v) is 5.31. The summed E-state index contributed by atoms with van der Waals surface area (Å²) < 4.78 is 1.08. The summed E-state index contributed by atoms with van der Waals surface area (Å²) in [7, 11) is 0. The minimum Gasteiger partial charge on any atom is -0.271 e. The first-order valence-corrected chi connectivity index (χ1v) is 6.76. The highest BCUT2D eigenvalue weighted by atomic mass is 79.9. The van der Waals surface area contributed by atoms with Crippen LogP contribution in [0.5, 0.6) is 0 Å². The van der Waals surface area contributed by atoms with Crippen molar-refractivity contribution in [2.45, 2.75) is 12.5 Å². The molecule has 2 rings (SSSR count). The number of benzene rings is 1. The Kier molecular flexibility index (Phi) is 4.12. The zero-order valence-electron chi connectivity index (χ0n) is 8.69. The Morgan fingerprint density at radius 3 is 2.88 bits per heavy atom. The van der Waals surface area contributed by atoms with Gasteiger partial charge in [0.1, 0.15) is 0 Å². The molecule has 1 heterocycles. The van der Waals surface area contributed by atoms with Gasteiger partial charge in [-0.05, 0) is 46.5 Å².